The molecule has 0 unspecified atom stereocenters. The van der Waals surface area contributed by atoms with Gasteiger partial charge < -0.3 is 10.1 Å². The van der Waals surface area contributed by atoms with Crippen LogP contribution in [0.3, 0.4) is 0 Å². The second kappa shape index (κ2) is 8.05. The van der Waals surface area contributed by atoms with Crippen LogP contribution in [0, 0.1) is 0 Å². The molecule has 0 bridgehead atoms. The van der Waals surface area contributed by atoms with E-state index in [9.17, 15) is 13.2 Å². The van der Waals surface area contributed by atoms with E-state index in [4.69, 9.17) is 4.74 Å². The van der Waals surface area contributed by atoms with Crippen LogP contribution in [0.15, 0.2) is 83.8 Å². The van der Waals surface area contributed by atoms with Crippen molar-refractivity contribution in [3.8, 4) is 16.9 Å². The first-order valence-corrected chi connectivity index (χ1v) is 10.2. The van der Waals surface area contributed by atoms with Crippen molar-refractivity contribution in [2.24, 2.45) is 0 Å². The third-order valence-corrected chi connectivity index (χ3v) is 4.99. The van der Waals surface area contributed by atoms with E-state index >= 15 is 0 Å². The van der Waals surface area contributed by atoms with E-state index < -0.39 is 9.84 Å². The molecule has 6 heteroatoms. The number of hydrogen-bond acceptors (Lipinski definition) is 4. The Hall–Kier alpha value is -3.12. The molecule has 0 saturated carbocycles. The van der Waals surface area contributed by atoms with E-state index in [1.54, 1.807) is 18.2 Å². The number of anilines is 1. The molecule has 5 nitrogen and oxygen atoms in total. The van der Waals surface area contributed by atoms with Gasteiger partial charge in [0.1, 0.15) is 5.75 Å². The molecule has 0 aliphatic carbocycles. The van der Waals surface area contributed by atoms with Gasteiger partial charge in [0, 0.05) is 17.5 Å². The molecule has 27 heavy (non-hydrogen) atoms. The van der Waals surface area contributed by atoms with Crippen LogP contribution in [0.25, 0.3) is 11.1 Å². The second-order valence-corrected chi connectivity index (χ2v) is 8.01. The van der Waals surface area contributed by atoms with Gasteiger partial charge in [-0.25, -0.2) is 8.42 Å². The molecular formula is C21H19NO4S. The quantitative estimate of drug-likeness (QED) is 0.705. The number of rotatable bonds is 6. The van der Waals surface area contributed by atoms with Gasteiger partial charge in [0.25, 0.3) is 5.91 Å². The predicted molar refractivity (Wildman–Crippen MR) is 106 cm³/mol. The van der Waals surface area contributed by atoms with Crippen LogP contribution in [0.4, 0.5) is 5.69 Å². The molecule has 0 heterocycles. The second-order valence-electron chi connectivity index (χ2n) is 6.00. The largest absolute Gasteiger partial charge is 0.483 e. The topological polar surface area (TPSA) is 72.5 Å². The van der Waals surface area contributed by atoms with Gasteiger partial charge in [-0.3, -0.25) is 4.79 Å². The Morgan fingerprint density at radius 3 is 2.37 bits per heavy atom. The van der Waals surface area contributed by atoms with E-state index in [1.165, 1.54) is 12.1 Å². The summed E-state index contributed by atoms with van der Waals surface area (Å²) in [5, 5.41) is 2.66. The summed E-state index contributed by atoms with van der Waals surface area (Å²) in [5.74, 6) is 0.229. The lowest BCUT2D eigenvalue weighted by molar-refractivity contribution is -0.118. The SMILES string of the molecule is CS(=O)(=O)c1cccc(NC(=O)COc2ccccc2-c2ccccc2)c1. The fraction of sp³-hybridized carbons (Fsp3) is 0.0952. The molecule has 0 aliphatic rings. The summed E-state index contributed by atoms with van der Waals surface area (Å²) in [6.07, 6.45) is 1.12. The number of amides is 1. The minimum Gasteiger partial charge on any atom is -0.483 e. The van der Waals surface area contributed by atoms with Crippen LogP contribution >= 0.6 is 0 Å². The molecule has 0 radical (unpaired) electrons. The Balaban J connectivity index is 1.69. The maximum absolute atomic E-state index is 12.2. The highest BCUT2D eigenvalue weighted by atomic mass is 32.2. The molecule has 3 aromatic carbocycles. The zero-order valence-electron chi connectivity index (χ0n) is 14.8. The Labute approximate surface area is 158 Å². The maximum atomic E-state index is 12.2. The zero-order chi connectivity index (χ0) is 19.3. The summed E-state index contributed by atoms with van der Waals surface area (Å²) < 4.78 is 28.9. The number of ether oxygens (including phenoxy) is 1. The standard InChI is InChI=1S/C21H19NO4S/c1-27(24,25)18-11-7-10-17(14-18)22-21(23)15-26-20-13-6-5-12-19(20)16-8-3-2-4-9-16/h2-14H,15H2,1H3,(H,22,23). The Kier molecular flexibility index (Phi) is 5.57. The maximum Gasteiger partial charge on any atom is 0.262 e. The average Bonchev–Trinajstić information content (AvgIpc) is 2.67. The van der Waals surface area contributed by atoms with Gasteiger partial charge in [0.15, 0.2) is 16.4 Å². The van der Waals surface area contributed by atoms with Crippen molar-refractivity contribution in [2.45, 2.75) is 4.90 Å². The number of para-hydroxylation sites is 1. The van der Waals surface area contributed by atoms with Crippen molar-refractivity contribution in [3.63, 3.8) is 0 Å². The van der Waals surface area contributed by atoms with Crippen molar-refractivity contribution in [3.05, 3.63) is 78.9 Å². The van der Waals surface area contributed by atoms with E-state index in [-0.39, 0.29) is 17.4 Å². The summed E-state index contributed by atoms with van der Waals surface area (Å²) in [6, 6.07) is 23.4. The third kappa shape index (κ3) is 4.95. The number of carbonyl (C=O) groups excluding carboxylic acids is 1. The zero-order valence-corrected chi connectivity index (χ0v) is 15.6. The van der Waals surface area contributed by atoms with Crippen LogP contribution in [-0.4, -0.2) is 27.2 Å². The molecule has 0 aromatic heterocycles. The molecule has 1 N–H and O–H groups in total. The molecule has 138 valence electrons. The molecule has 0 aliphatic heterocycles. The first-order chi connectivity index (χ1) is 12.9. The molecule has 3 aromatic rings. The molecular weight excluding hydrogens is 362 g/mol. The first kappa shape index (κ1) is 18.7. The molecule has 0 atom stereocenters. The number of nitrogens with one attached hydrogen (secondary N) is 1. The molecule has 0 fully saturated rings. The fourth-order valence-electron chi connectivity index (χ4n) is 2.59. The lowest BCUT2D eigenvalue weighted by Gasteiger charge is -2.12. The van der Waals surface area contributed by atoms with Crippen LogP contribution in [-0.2, 0) is 14.6 Å². The predicted octanol–water partition coefficient (Wildman–Crippen LogP) is 3.77. The Morgan fingerprint density at radius 2 is 1.63 bits per heavy atom. The van der Waals surface area contributed by atoms with Crippen LogP contribution in [0.2, 0.25) is 0 Å². The van der Waals surface area contributed by atoms with E-state index in [1.807, 2.05) is 48.5 Å². The Bertz CT molecular complexity index is 1050. The van der Waals surface area contributed by atoms with E-state index in [0.717, 1.165) is 17.4 Å². The number of carbonyl (C=O) groups is 1. The number of sulfone groups is 1. The van der Waals surface area contributed by atoms with Gasteiger partial charge in [-0.1, -0.05) is 54.6 Å². The summed E-state index contributed by atoms with van der Waals surface area (Å²) in [4.78, 5) is 12.4. The van der Waals surface area contributed by atoms with Crippen molar-refractivity contribution in [1.82, 2.24) is 0 Å². The first-order valence-electron chi connectivity index (χ1n) is 8.31. The van der Waals surface area contributed by atoms with E-state index in [2.05, 4.69) is 5.32 Å². The highest BCUT2D eigenvalue weighted by Gasteiger charge is 2.11. The van der Waals surface area contributed by atoms with Gasteiger partial charge in [-0.05, 0) is 29.8 Å². The molecule has 1 amide bonds. The molecule has 0 saturated heterocycles. The van der Waals surface area contributed by atoms with Crippen molar-refractivity contribution >= 4 is 21.4 Å². The van der Waals surface area contributed by atoms with Gasteiger partial charge >= 0.3 is 0 Å². The minimum atomic E-state index is -3.34. The number of benzene rings is 3. The summed E-state index contributed by atoms with van der Waals surface area (Å²) in [5.41, 5.74) is 2.29. The van der Waals surface area contributed by atoms with Crippen molar-refractivity contribution in [2.75, 3.05) is 18.2 Å². The molecule has 3 rings (SSSR count). The normalized spacial score (nSPS) is 11.0. The lowest BCUT2D eigenvalue weighted by Crippen LogP contribution is -2.20. The average molecular weight is 381 g/mol. The van der Waals surface area contributed by atoms with Gasteiger partial charge in [0.05, 0.1) is 4.90 Å². The summed E-state index contributed by atoms with van der Waals surface area (Å²) >= 11 is 0. The van der Waals surface area contributed by atoms with Gasteiger partial charge in [0.2, 0.25) is 0 Å². The number of hydrogen-bond donors (Lipinski definition) is 1. The van der Waals surface area contributed by atoms with Crippen LogP contribution in [0.5, 0.6) is 5.75 Å². The van der Waals surface area contributed by atoms with Gasteiger partial charge in [-0.15, -0.1) is 0 Å². The van der Waals surface area contributed by atoms with E-state index in [0.29, 0.717) is 11.4 Å². The van der Waals surface area contributed by atoms with Gasteiger partial charge in [-0.2, -0.15) is 0 Å². The van der Waals surface area contributed by atoms with Crippen LogP contribution < -0.4 is 10.1 Å². The lowest BCUT2D eigenvalue weighted by atomic mass is 10.1. The minimum absolute atomic E-state index is 0.149. The van der Waals surface area contributed by atoms with Crippen LogP contribution in [0.1, 0.15) is 0 Å². The highest BCUT2D eigenvalue weighted by Crippen LogP contribution is 2.29. The fourth-order valence-corrected chi connectivity index (χ4v) is 3.26. The van der Waals surface area contributed by atoms with Crippen molar-refractivity contribution in [1.29, 1.82) is 0 Å². The summed E-state index contributed by atoms with van der Waals surface area (Å²) in [7, 11) is -3.34. The highest BCUT2D eigenvalue weighted by molar-refractivity contribution is 7.90. The van der Waals surface area contributed by atoms with Crippen molar-refractivity contribution < 1.29 is 17.9 Å². The third-order valence-electron chi connectivity index (χ3n) is 3.88. The Morgan fingerprint density at radius 1 is 0.926 bits per heavy atom. The molecule has 0 spiro atoms. The smallest absolute Gasteiger partial charge is 0.262 e. The summed E-state index contributed by atoms with van der Waals surface area (Å²) in [6.45, 7) is -0.188. The monoisotopic (exact) mass is 381 g/mol.